The number of aromatic carboxylic acids is 1. The van der Waals surface area contributed by atoms with Gasteiger partial charge in [-0.1, -0.05) is 11.6 Å². The van der Waals surface area contributed by atoms with E-state index in [1.54, 1.807) is 24.3 Å². The van der Waals surface area contributed by atoms with Crippen LogP contribution in [0.25, 0.3) is 0 Å². The Kier molecular flexibility index (Phi) is 5.54. The van der Waals surface area contributed by atoms with Crippen LogP contribution >= 0.6 is 11.6 Å². The highest BCUT2D eigenvalue weighted by Crippen LogP contribution is 2.26. The van der Waals surface area contributed by atoms with E-state index in [2.05, 4.69) is 9.62 Å². The second kappa shape index (κ2) is 7.71. The first-order valence-corrected chi connectivity index (χ1v) is 9.82. The van der Waals surface area contributed by atoms with E-state index < -0.39 is 32.3 Å². The van der Waals surface area contributed by atoms with Crippen molar-refractivity contribution >= 4 is 39.0 Å². The number of carboxylic acid groups (broad SMARTS) is 1. The van der Waals surface area contributed by atoms with E-state index in [0.717, 1.165) is 18.8 Å². The van der Waals surface area contributed by atoms with Crippen LogP contribution in [0, 0.1) is 5.82 Å². The molecule has 10 heteroatoms. The summed E-state index contributed by atoms with van der Waals surface area (Å²) in [5.41, 5.74) is 0.631. The Morgan fingerprint density at radius 3 is 2.41 bits per heavy atom. The Bertz CT molecular complexity index is 960. The topological polar surface area (TPSA) is 95.9 Å². The molecule has 1 heterocycles. The molecule has 0 spiro atoms. The third-order valence-electron chi connectivity index (χ3n) is 4.04. The van der Waals surface area contributed by atoms with E-state index >= 15 is 0 Å². The van der Waals surface area contributed by atoms with Gasteiger partial charge in [0.25, 0.3) is 10.0 Å². The lowest BCUT2D eigenvalue weighted by Crippen LogP contribution is -2.36. The van der Waals surface area contributed by atoms with Crippen molar-refractivity contribution in [1.29, 1.82) is 0 Å². The SMILES string of the molecule is O=C(O)c1cc(S(=O)(=O)Nc2ccc(N3CCOCC3)cc2)c(F)cc1Cl. The first kappa shape index (κ1) is 19.4. The maximum Gasteiger partial charge on any atom is 0.337 e. The van der Waals surface area contributed by atoms with E-state index in [9.17, 15) is 17.6 Å². The average Bonchev–Trinajstić information content (AvgIpc) is 2.62. The molecule has 0 saturated carbocycles. The Balaban J connectivity index is 1.84. The average molecular weight is 415 g/mol. The number of morpholine rings is 1. The summed E-state index contributed by atoms with van der Waals surface area (Å²) in [7, 11) is -4.34. The quantitative estimate of drug-likeness (QED) is 0.781. The number of hydrogen-bond donors (Lipinski definition) is 2. The van der Waals surface area contributed by atoms with Crippen molar-refractivity contribution in [2.45, 2.75) is 4.90 Å². The first-order valence-electron chi connectivity index (χ1n) is 7.96. The van der Waals surface area contributed by atoms with E-state index in [-0.39, 0.29) is 10.7 Å². The van der Waals surface area contributed by atoms with Crippen LogP contribution in [0.1, 0.15) is 10.4 Å². The molecule has 7 nitrogen and oxygen atoms in total. The molecule has 0 aromatic heterocycles. The van der Waals surface area contributed by atoms with E-state index in [1.807, 2.05) is 0 Å². The molecule has 0 bridgehead atoms. The van der Waals surface area contributed by atoms with Gasteiger partial charge in [0.1, 0.15) is 10.7 Å². The molecule has 144 valence electrons. The molecule has 2 aromatic rings. The van der Waals surface area contributed by atoms with E-state index in [4.69, 9.17) is 21.4 Å². The molecule has 2 N–H and O–H groups in total. The molecular weight excluding hydrogens is 399 g/mol. The molecule has 0 amide bonds. The predicted molar refractivity (Wildman–Crippen MR) is 98.7 cm³/mol. The first-order chi connectivity index (χ1) is 12.8. The van der Waals surface area contributed by atoms with Gasteiger partial charge in [-0.05, 0) is 36.4 Å². The molecule has 0 aliphatic carbocycles. The molecule has 0 unspecified atom stereocenters. The fourth-order valence-corrected chi connectivity index (χ4v) is 4.05. The highest BCUT2D eigenvalue weighted by atomic mass is 35.5. The second-order valence-electron chi connectivity index (χ2n) is 5.82. The third-order valence-corrected chi connectivity index (χ3v) is 5.75. The van der Waals surface area contributed by atoms with Crippen LogP contribution in [0.15, 0.2) is 41.3 Å². The number of carboxylic acids is 1. The molecule has 0 atom stereocenters. The van der Waals surface area contributed by atoms with Crippen LogP contribution in [0.3, 0.4) is 0 Å². The van der Waals surface area contributed by atoms with Gasteiger partial charge in [0.2, 0.25) is 0 Å². The number of benzene rings is 2. The van der Waals surface area contributed by atoms with E-state index in [0.29, 0.717) is 25.3 Å². The van der Waals surface area contributed by atoms with Crippen molar-refractivity contribution < 1.29 is 27.4 Å². The van der Waals surface area contributed by atoms with Crippen LogP contribution in [0.5, 0.6) is 0 Å². The molecule has 1 fully saturated rings. The fraction of sp³-hybridized carbons (Fsp3) is 0.235. The third kappa shape index (κ3) is 4.32. The molecule has 0 radical (unpaired) electrons. The molecule has 2 aromatic carbocycles. The highest BCUT2D eigenvalue weighted by Gasteiger charge is 2.24. The van der Waals surface area contributed by atoms with Crippen LogP contribution in [0.2, 0.25) is 5.02 Å². The Morgan fingerprint density at radius 2 is 1.81 bits per heavy atom. The minimum atomic E-state index is -4.34. The van der Waals surface area contributed by atoms with Gasteiger partial charge in [0.05, 0.1) is 23.8 Å². The summed E-state index contributed by atoms with van der Waals surface area (Å²) in [5, 5.41) is 8.67. The Morgan fingerprint density at radius 1 is 1.19 bits per heavy atom. The summed E-state index contributed by atoms with van der Waals surface area (Å²) in [4.78, 5) is 12.4. The molecule has 27 heavy (non-hydrogen) atoms. The van der Waals surface area contributed by atoms with Gasteiger partial charge in [-0.2, -0.15) is 0 Å². The van der Waals surface area contributed by atoms with Gasteiger partial charge >= 0.3 is 5.97 Å². The molecule has 3 rings (SSSR count). The zero-order valence-electron chi connectivity index (χ0n) is 14.0. The Labute approximate surface area is 160 Å². The molecule has 1 aliphatic rings. The number of halogens is 2. The summed E-state index contributed by atoms with van der Waals surface area (Å²) in [6.07, 6.45) is 0. The summed E-state index contributed by atoms with van der Waals surface area (Å²) in [6, 6.07) is 7.95. The monoisotopic (exact) mass is 414 g/mol. The van der Waals surface area contributed by atoms with Gasteiger partial charge in [0.15, 0.2) is 0 Å². The smallest absolute Gasteiger partial charge is 0.337 e. The van der Waals surface area contributed by atoms with Gasteiger partial charge in [-0.3, -0.25) is 4.72 Å². The Hall–Kier alpha value is -2.36. The van der Waals surface area contributed by atoms with Crippen LogP contribution in [-0.2, 0) is 14.8 Å². The zero-order valence-corrected chi connectivity index (χ0v) is 15.6. The van der Waals surface area contributed by atoms with Gasteiger partial charge in [0, 0.05) is 24.5 Å². The number of anilines is 2. The van der Waals surface area contributed by atoms with Gasteiger partial charge < -0.3 is 14.7 Å². The number of nitrogens with zero attached hydrogens (tertiary/aromatic N) is 1. The van der Waals surface area contributed by atoms with Crippen molar-refractivity contribution in [2.75, 3.05) is 35.9 Å². The van der Waals surface area contributed by atoms with Crippen LogP contribution in [-0.4, -0.2) is 45.8 Å². The lowest BCUT2D eigenvalue weighted by atomic mass is 10.2. The second-order valence-corrected chi connectivity index (χ2v) is 7.88. The maximum absolute atomic E-state index is 14.1. The minimum absolute atomic E-state index is 0.221. The largest absolute Gasteiger partial charge is 0.478 e. The lowest BCUT2D eigenvalue weighted by Gasteiger charge is -2.28. The summed E-state index contributed by atoms with van der Waals surface area (Å²) < 4.78 is 46.6. The number of carbonyl (C=O) groups is 1. The zero-order chi connectivity index (χ0) is 19.6. The highest BCUT2D eigenvalue weighted by molar-refractivity contribution is 7.92. The van der Waals surface area contributed by atoms with Crippen molar-refractivity contribution in [1.82, 2.24) is 0 Å². The number of nitrogens with one attached hydrogen (secondary N) is 1. The van der Waals surface area contributed by atoms with Crippen molar-refractivity contribution in [3.63, 3.8) is 0 Å². The molecule has 1 saturated heterocycles. The normalized spacial score (nSPS) is 14.8. The fourth-order valence-electron chi connectivity index (χ4n) is 2.67. The van der Waals surface area contributed by atoms with Crippen molar-refractivity contribution in [2.24, 2.45) is 0 Å². The number of ether oxygens (including phenoxy) is 1. The summed E-state index contributed by atoms with van der Waals surface area (Å²) >= 11 is 5.65. The van der Waals surface area contributed by atoms with Crippen LogP contribution in [0.4, 0.5) is 15.8 Å². The maximum atomic E-state index is 14.1. The number of rotatable bonds is 5. The number of hydrogen-bond acceptors (Lipinski definition) is 5. The predicted octanol–water partition coefficient (Wildman–Crippen LogP) is 2.81. The summed E-state index contributed by atoms with van der Waals surface area (Å²) in [6.45, 7) is 2.71. The van der Waals surface area contributed by atoms with Gasteiger partial charge in [-0.25, -0.2) is 17.6 Å². The molecular formula is C17H16ClFN2O5S. The molecule has 1 aliphatic heterocycles. The minimum Gasteiger partial charge on any atom is -0.478 e. The van der Waals surface area contributed by atoms with Gasteiger partial charge in [-0.15, -0.1) is 0 Å². The van der Waals surface area contributed by atoms with E-state index in [1.165, 1.54) is 0 Å². The number of sulfonamides is 1. The lowest BCUT2D eigenvalue weighted by molar-refractivity contribution is 0.0696. The standard InChI is InChI=1S/C17H16ClFN2O5S/c18-14-10-15(19)16(9-13(14)17(22)23)27(24,25)20-11-1-3-12(4-2-11)21-5-7-26-8-6-21/h1-4,9-10,20H,5-8H2,(H,22,23). The van der Waals surface area contributed by atoms with Crippen LogP contribution < -0.4 is 9.62 Å². The van der Waals surface area contributed by atoms with Crippen molar-refractivity contribution in [3.8, 4) is 0 Å². The van der Waals surface area contributed by atoms with Crippen molar-refractivity contribution in [3.05, 3.63) is 52.8 Å². The summed E-state index contributed by atoms with van der Waals surface area (Å²) in [5.74, 6) is -2.59.